The summed E-state index contributed by atoms with van der Waals surface area (Å²) < 4.78 is 0. The van der Waals surface area contributed by atoms with E-state index in [0.29, 0.717) is 4.88 Å². The summed E-state index contributed by atoms with van der Waals surface area (Å²) in [6, 6.07) is 0.0921. The van der Waals surface area contributed by atoms with Gasteiger partial charge in [0.2, 0.25) is 0 Å². The summed E-state index contributed by atoms with van der Waals surface area (Å²) in [7, 11) is 0. The van der Waals surface area contributed by atoms with Crippen molar-refractivity contribution in [3.05, 3.63) is 16.6 Å². The highest BCUT2D eigenvalue weighted by Crippen LogP contribution is 2.27. The van der Waals surface area contributed by atoms with Crippen LogP contribution in [0.15, 0.2) is 11.7 Å². The second-order valence-corrected chi connectivity index (χ2v) is 6.21. The number of nitrogens with one attached hydrogen (secondary N) is 1. The van der Waals surface area contributed by atoms with E-state index in [2.05, 4.69) is 15.2 Å². The van der Waals surface area contributed by atoms with E-state index in [0.717, 1.165) is 25.9 Å². The molecule has 1 amide bonds. The van der Waals surface area contributed by atoms with Gasteiger partial charge in [0.1, 0.15) is 4.88 Å². The molecular formula is C13H19N3O2S. The van der Waals surface area contributed by atoms with Crippen molar-refractivity contribution in [2.45, 2.75) is 43.9 Å². The number of aromatic nitrogens is 1. The summed E-state index contributed by atoms with van der Waals surface area (Å²) in [6.07, 6.45) is 5.39. The average molecular weight is 281 g/mol. The monoisotopic (exact) mass is 281 g/mol. The number of thiazole rings is 1. The molecule has 0 aromatic carbocycles. The average Bonchev–Trinajstić information content (AvgIpc) is 3.11. The van der Waals surface area contributed by atoms with Crippen molar-refractivity contribution in [2.75, 3.05) is 13.1 Å². The Bertz CT molecular complexity index is 431. The number of rotatable bonds is 3. The van der Waals surface area contributed by atoms with Gasteiger partial charge in [-0.15, -0.1) is 11.3 Å². The Kier molecular flexibility index (Phi) is 3.81. The number of carbonyl (C=O) groups excluding carboxylic acids is 1. The lowest BCUT2D eigenvalue weighted by Crippen LogP contribution is -2.47. The van der Waals surface area contributed by atoms with Crippen LogP contribution in [-0.2, 0) is 0 Å². The summed E-state index contributed by atoms with van der Waals surface area (Å²) in [5.41, 5.74) is 1.65. The van der Waals surface area contributed by atoms with Crippen LogP contribution in [0, 0.1) is 0 Å². The van der Waals surface area contributed by atoms with Gasteiger partial charge in [0, 0.05) is 6.04 Å². The highest BCUT2D eigenvalue weighted by molar-refractivity contribution is 7.11. The third-order valence-electron chi connectivity index (χ3n) is 4.16. The van der Waals surface area contributed by atoms with E-state index >= 15 is 0 Å². The zero-order valence-electron chi connectivity index (χ0n) is 10.8. The quantitative estimate of drug-likeness (QED) is 0.862. The van der Waals surface area contributed by atoms with Crippen LogP contribution in [0.25, 0.3) is 0 Å². The lowest BCUT2D eigenvalue weighted by molar-refractivity contribution is 0.0621. The molecular weight excluding hydrogens is 262 g/mol. The van der Waals surface area contributed by atoms with Gasteiger partial charge in [-0.3, -0.25) is 14.7 Å². The highest BCUT2D eigenvalue weighted by atomic mass is 32.1. The van der Waals surface area contributed by atoms with Gasteiger partial charge in [0.05, 0.1) is 23.9 Å². The fourth-order valence-corrected chi connectivity index (χ4v) is 3.68. The molecule has 2 aliphatic rings. The first-order chi connectivity index (χ1) is 9.25. The first-order valence-corrected chi connectivity index (χ1v) is 7.75. The number of nitrogens with zero attached hydrogens (tertiary/aromatic N) is 2. The molecule has 5 nitrogen and oxygen atoms in total. The molecule has 1 aliphatic heterocycles. The van der Waals surface area contributed by atoms with Crippen molar-refractivity contribution in [1.29, 1.82) is 0 Å². The Balaban J connectivity index is 1.59. The first kappa shape index (κ1) is 13.0. The van der Waals surface area contributed by atoms with Crippen LogP contribution in [0.1, 0.15) is 35.4 Å². The number of hydrogen-bond acceptors (Lipinski definition) is 5. The van der Waals surface area contributed by atoms with Gasteiger partial charge in [-0.05, 0) is 38.8 Å². The van der Waals surface area contributed by atoms with Crippen molar-refractivity contribution in [3.63, 3.8) is 0 Å². The highest BCUT2D eigenvalue weighted by Gasteiger charge is 2.39. The van der Waals surface area contributed by atoms with E-state index in [1.165, 1.54) is 24.2 Å². The largest absolute Gasteiger partial charge is 0.389 e. The Morgan fingerprint density at radius 1 is 1.42 bits per heavy atom. The molecule has 6 heteroatoms. The second-order valence-electron chi connectivity index (χ2n) is 5.32. The summed E-state index contributed by atoms with van der Waals surface area (Å²) in [5, 5.41) is 13.3. The molecule has 1 aromatic heterocycles. The van der Waals surface area contributed by atoms with Crippen molar-refractivity contribution in [2.24, 2.45) is 0 Å². The topological polar surface area (TPSA) is 65.5 Å². The second kappa shape index (κ2) is 5.56. The number of amides is 1. The first-order valence-electron chi connectivity index (χ1n) is 6.87. The van der Waals surface area contributed by atoms with Crippen LogP contribution in [0.4, 0.5) is 0 Å². The standard InChI is InChI=1S/C13H19N3O2S/c17-12-9(15-13(18)11-7-14-8-19-11)3-4-10(12)16-5-1-2-6-16/h7-10,12,17H,1-6H2,(H,15,18)/t9-,10-,12-/m1/s1. The number of aliphatic hydroxyl groups is 1. The minimum atomic E-state index is -0.449. The molecule has 2 fully saturated rings. The number of carbonyl (C=O) groups is 1. The van der Waals surface area contributed by atoms with Gasteiger partial charge in [0.15, 0.2) is 0 Å². The van der Waals surface area contributed by atoms with Crippen molar-refractivity contribution < 1.29 is 9.90 Å². The molecule has 1 saturated carbocycles. The van der Waals surface area contributed by atoms with E-state index in [1.807, 2.05) is 0 Å². The van der Waals surface area contributed by atoms with Gasteiger partial charge in [-0.2, -0.15) is 0 Å². The SMILES string of the molecule is O=C(N[C@@H]1CC[C@@H](N2CCCC2)[C@@H]1O)c1cncs1. The molecule has 0 spiro atoms. The van der Waals surface area contributed by atoms with E-state index in [1.54, 1.807) is 11.7 Å². The molecule has 1 saturated heterocycles. The minimum Gasteiger partial charge on any atom is -0.389 e. The van der Waals surface area contributed by atoms with Crippen LogP contribution in [0.2, 0.25) is 0 Å². The van der Waals surface area contributed by atoms with E-state index in [9.17, 15) is 9.90 Å². The van der Waals surface area contributed by atoms with Crippen LogP contribution in [0.5, 0.6) is 0 Å². The summed E-state index contributed by atoms with van der Waals surface area (Å²) in [5.74, 6) is -0.117. The molecule has 0 unspecified atom stereocenters. The van der Waals surface area contributed by atoms with E-state index in [4.69, 9.17) is 0 Å². The van der Waals surface area contributed by atoms with Crippen molar-refractivity contribution in [1.82, 2.24) is 15.2 Å². The Morgan fingerprint density at radius 2 is 2.21 bits per heavy atom. The Morgan fingerprint density at radius 3 is 2.89 bits per heavy atom. The number of aliphatic hydroxyl groups excluding tert-OH is 1. The van der Waals surface area contributed by atoms with Gasteiger partial charge in [-0.1, -0.05) is 0 Å². The Hall–Kier alpha value is -0.980. The van der Waals surface area contributed by atoms with Crippen molar-refractivity contribution >= 4 is 17.2 Å². The molecule has 19 heavy (non-hydrogen) atoms. The smallest absolute Gasteiger partial charge is 0.263 e. The maximum atomic E-state index is 12.0. The lowest BCUT2D eigenvalue weighted by Gasteiger charge is -2.28. The Labute approximate surface area is 116 Å². The molecule has 3 rings (SSSR count). The van der Waals surface area contributed by atoms with E-state index in [-0.39, 0.29) is 18.0 Å². The summed E-state index contributed by atoms with van der Waals surface area (Å²) in [4.78, 5) is 18.8. The molecule has 3 atom stereocenters. The van der Waals surface area contributed by atoms with Gasteiger partial charge in [-0.25, -0.2) is 0 Å². The fraction of sp³-hybridized carbons (Fsp3) is 0.692. The zero-order valence-corrected chi connectivity index (χ0v) is 11.6. The number of hydrogen-bond donors (Lipinski definition) is 2. The number of likely N-dealkylation sites (tertiary alicyclic amines) is 1. The molecule has 0 bridgehead atoms. The lowest BCUT2D eigenvalue weighted by atomic mass is 10.1. The normalized spacial score (nSPS) is 31.7. The zero-order chi connectivity index (χ0) is 13.2. The summed E-state index contributed by atoms with van der Waals surface area (Å²) in [6.45, 7) is 2.16. The third-order valence-corrected chi connectivity index (χ3v) is 4.93. The maximum absolute atomic E-state index is 12.0. The molecule has 104 valence electrons. The van der Waals surface area contributed by atoms with Crippen LogP contribution < -0.4 is 5.32 Å². The van der Waals surface area contributed by atoms with Crippen LogP contribution in [-0.4, -0.2) is 52.2 Å². The summed E-state index contributed by atoms with van der Waals surface area (Å²) >= 11 is 1.33. The van der Waals surface area contributed by atoms with Crippen LogP contribution >= 0.6 is 11.3 Å². The van der Waals surface area contributed by atoms with Gasteiger partial charge < -0.3 is 10.4 Å². The van der Waals surface area contributed by atoms with E-state index < -0.39 is 6.10 Å². The fourth-order valence-electron chi connectivity index (χ4n) is 3.16. The molecule has 1 aromatic rings. The molecule has 2 N–H and O–H groups in total. The third kappa shape index (κ3) is 2.66. The minimum absolute atomic E-state index is 0.117. The predicted molar refractivity (Wildman–Crippen MR) is 73.2 cm³/mol. The van der Waals surface area contributed by atoms with Crippen LogP contribution in [0.3, 0.4) is 0 Å². The molecule has 1 aliphatic carbocycles. The molecule has 0 radical (unpaired) electrons. The van der Waals surface area contributed by atoms with Gasteiger partial charge in [0.25, 0.3) is 5.91 Å². The maximum Gasteiger partial charge on any atom is 0.263 e. The van der Waals surface area contributed by atoms with Gasteiger partial charge >= 0.3 is 0 Å². The predicted octanol–water partition coefficient (Wildman–Crippen LogP) is 0.861. The van der Waals surface area contributed by atoms with Crippen molar-refractivity contribution in [3.8, 4) is 0 Å². The molecule has 2 heterocycles.